The summed E-state index contributed by atoms with van der Waals surface area (Å²) in [7, 11) is 2.12. The van der Waals surface area contributed by atoms with Gasteiger partial charge in [0, 0.05) is 24.8 Å². The van der Waals surface area contributed by atoms with Crippen molar-refractivity contribution >= 4 is 5.69 Å². The fourth-order valence-corrected chi connectivity index (χ4v) is 2.12. The minimum Gasteiger partial charge on any atom is -0.388 e. The van der Waals surface area contributed by atoms with E-state index in [0.29, 0.717) is 0 Å². The fourth-order valence-electron chi connectivity index (χ4n) is 2.12. The Hall–Kier alpha value is -1.02. The normalized spacial score (nSPS) is 17.2. The molecule has 0 saturated heterocycles. The van der Waals surface area contributed by atoms with Crippen LogP contribution in [0, 0.1) is 5.92 Å². The molecular formula is C14H21NO. The van der Waals surface area contributed by atoms with E-state index >= 15 is 0 Å². The van der Waals surface area contributed by atoms with E-state index in [1.807, 2.05) is 25.1 Å². The monoisotopic (exact) mass is 219 g/mol. The Labute approximate surface area is 97.9 Å². The van der Waals surface area contributed by atoms with Crippen molar-refractivity contribution in [1.82, 2.24) is 0 Å². The molecule has 1 aliphatic carbocycles. The Balaban J connectivity index is 2.16. The summed E-state index contributed by atoms with van der Waals surface area (Å²) in [4.78, 5) is 2.28. The van der Waals surface area contributed by atoms with E-state index in [2.05, 4.69) is 18.0 Å². The Bertz CT molecular complexity index is 346. The van der Waals surface area contributed by atoms with Crippen molar-refractivity contribution in [2.75, 3.05) is 18.5 Å². The van der Waals surface area contributed by atoms with Gasteiger partial charge in [0.2, 0.25) is 0 Å². The molecule has 0 heterocycles. The van der Waals surface area contributed by atoms with E-state index in [1.54, 1.807) is 0 Å². The molecular weight excluding hydrogens is 198 g/mol. The Morgan fingerprint density at radius 2 is 2.06 bits per heavy atom. The third-order valence-electron chi connectivity index (χ3n) is 3.32. The molecule has 1 atom stereocenters. The second kappa shape index (κ2) is 4.88. The van der Waals surface area contributed by atoms with Crippen LogP contribution >= 0.6 is 0 Å². The van der Waals surface area contributed by atoms with Gasteiger partial charge in [-0.05, 0) is 31.2 Å². The average molecular weight is 219 g/mol. The minimum absolute atomic E-state index is 0.335. The highest BCUT2D eigenvalue weighted by atomic mass is 16.3. The molecule has 1 N–H and O–H groups in total. The lowest BCUT2D eigenvalue weighted by atomic mass is 10.0. The third kappa shape index (κ3) is 2.56. The highest BCUT2D eigenvalue weighted by Crippen LogP contribution is 2.33. The van der Waals surface area contributed by atoms with Crippen molar-refractivity contribution in [2.45, 2.75) is 32.3 Å². The molecule has 88 valence electrons. The molecule has 0 spiro atoms. The molecule has 1 aromatic rings. The van der Waals surface area contributed by atoms with Crippen LogP contribution in [0.4, 0.5) is 5.69 Å². The van der Waals surface area contributed by atoms with Crippen molar-refractivity contribution in [3.63, 3.8) is 0 Å². The van der Waals surface area contributed by atoms with Gasteiger partial charge in [0.15, 0.2) is 0 Å². The van der Waals surface area contributed by atoms with Gasteiger partial charge in [-0.1, -0.05) is 25.1 Å². The number of anilines is 1. The van der Waals surface area contributed by atoms with Gasteiger partial charge in [0.25, 0.3) is 0 Å². The van der Waals surface area contributed by atoms with Gasteiger partial charge in [-0.15, -0.1) is 0 Å². The van der Waals surface area contributed by atoms with Gasteiger partial charge in [0.1, 0.15) is 0 Å². The third-order valence-corrected chi connectivity index (χ3v) is 3.32. The van der Waals surface area contributed by atoms with Crippen LogP contribution in [0.25, 0.3) is 0 Å². The summed E-state index contributed by atoms with van der Waals surface area (Å²) < 4.78 is 0. The molecule has 2 heteroatoms. The Morgan fingerprint density at radius 3 is 2.69 bits per heavy atom. The predicted molar refractivity (Wildman–Crippen MR) is 67.7 cm³/mol. The number of rotatable bonds is 5. The lowest BCUT2D eigenvalue weighted by Gasteiger charge is -2.24. The van der Waals surface area contributed by atoms with E-state index in [1.165, 1.54) is 18.5 Å². The molecule has 1 aromatic carbocycles. The molecule has 2 nitrogen and oxygen atoms in total. The largest absolute Gasteiger partial charge is 0.388 e. The van der Waals surface area contributed by atoms with E-state index in [0.717, 1.165) is 24.4 Å². The van der Waals surface area contributed by atoms with E-state index in [-0.39, 0.29) is 6.10 Å². The molecule has 0 aromatic heterocycles. The van der Waals surface area contributed by atoms with Gasteiger partial charge < -0.3 is 10.0 Å². The molecule has 0 amide bonds. The van der Waals surface area contributed by atoms with E-state index in [9.17, 15) is 5.11 Å². The summed E-state index contributed by atoms with van der Waals surface area (Å²) in [5.41, 5.74) is 2.25. The van der Waals surface area contributed by atoms with Crippen molar-refractivity contribution in [1.29, 1.82) is 0 Å². The quantitative estimate of drug-likeness (QED) is 0.823. The van der Waals surface area contributed by atoms with Gasteiger partial charge in [-0.25, -0.2) is 0 Å². The van der Waals surface area contributed by atoms with Crippen molar-refractivity contribution in [3.05, 3.63) is 29.8 Å². The van der Waals surface area contributed by atoms with Gasteiger partial charge >= 0.3 is 0 Å². The van der Waals surface area contributed by atoms with Crippen molar-refractivity contribution < 1.29 is 5.11 Å². The van der Waals surface area contributed by atoms with E-state index < -0.39 is 0 Å². The Kier molecular flexibility index (Phi) is 3.49. The first kappa shape index (κ1) is 11.5. The van der Waals surface area contributed by atoms with Crippen LogP contribution in [0.15, 0.2) is 24.3 Å². The number of aliphatic hydroxyl groups is 1. The molecule has 1 saturated carbocycles. The highest BCUT2D eigenvalue weighted by Gasteiger charge is 2.24. The lowest BCUT2D eigenvalue weighted by Crippen LogP contribution is -2.21. The summed E-state index contributed by atoms with van der Waals surface area (Å²) in [5.74, 6) is 0.872. The van der Waals surface area contributed by atoms with Crippen LogP contribution in [0.1, 0.15) is 37.9 Å². The first-order valence-corrected chi connectivity index (χ1v) is 6.20. The van der Waals surface area contributed by atoms with Crippen LogP contribution in [-0.4, -0.2) is 18.7 Å². The van der Waals surface area contributed by atoms with E-state index in [4.69, 9.17) is 0 Å². The number of hydrogen-bond donors (Lipinski definition) is 1. The van der Waals surface area contributed by atoms with Crippen LogP contribution in [0.2, 0.25) is 0 Å². The Morgan fingerprint density at radius 1 is 1.38 bits per heavy atom. The zero-order valence-corrected chi connectivity index (χ0v) is 10.2. The number of para-hydroxylation sites is 1. The minimum atomic E-state index is -0.335. The predicted octanol–water partition coefficient (Wildman–Crippen LogP) is 2.98. The number of hydrogen-bond acceptors (Lipinski definition) is 2. The fraction of sp³-hybridized carbons (Fsp3) is 0.571. The second-order valence-electron chi connectivity index (χ2n) is 4.81. The molecule has 0 bridgehead atoms. The lowest BCUT2D eigenvalue weighted by molar-refractivity contribution is 0.174. The summed E-state index contributed by atoms with van der Waals surface area (Å²) >= 11 is 0. The number of nitrogens with zero attached hydrogens (tertiary/aromatic N) is 1. The van der Waals surface area contributed by atoms with Crippen LogP contribution in [0.5, 0.6) is 0 Å². The maximum Gasteiger partial charge on any atom is 0.0807 e. The van der Waals surface area contributed by atoms with Crippen molar-refractivity contribution in [3.8, 4) is 0 Å². The summed E-state index contributed by atoms with van der Waals surface area (Å²) in [5, 5.41) is 9.98. The van der Waals surface area contributed by atoms with Gasteiger partial charge in [0.05, 0.1) is 6.10 Å². The number of benzene rings is 1. The average Bonchev–Trinajstić information content (AvgIpc) is 3.12. The molecule has 1 aliphatic rings. The molecule has 1 unspecified atom stereocenters. The van der Waals surface area contributed by atoms with Crippen LogP contribution < -0.4 is 4.90 Å². The second-order valence-corrected chi connectivity index (χ2v) is 4.81. The maximum absolute atomic E-state index is 9.98. The number of aliphatic hydroxyl groups excluding tert-OH is 1. The van der Waals surface area contributed by atoms with Crippen LogP contribution in [-0.2, 0) is 0 Å². The summed E-state index contributed by atoms with van der Waals surface area (Å²) in [6, 6.07) is 8.19. The topological polar surface area (TPSA) is 23.5 Å². The van der Waals surface area contributed by atoms with Crippen molar-refractivity contribution in [2.24, 2.45) is 5.92 Å². The molecule has 1 fully saturated rings. The standard InChI is InChI=1S/C14H21NO/c1-3-14(16)12-6-4-5-7-13(12)15(2)10-11-8-9-11/h4-7,11,14,16H,3,8-10H2,1-2H3. The van der Waals surface area contributed by atoms with Gasteiger partial charge in [-0.3, -0.25) is 0 Å². The smallest absolute Gasteiger partial charge is 0.0807 e. The molecule has 2 rings (SSSR count). The summed E-state index contributed by atoms with van der Waals surface area (Å²) in [6.07, 6.45) is 3.16. The zero-order valence-electron chi connectivity index (χ0n) is 10.2. The zero-order chi connectivity index (χ0) is 11.5. The molecule has 16 heavy (non-hydrogen) atoms. The molecule has 0 aliphatic heterocycles. The van der Waals surface area contributed by atoms with Gasteiger partial charge in [-0.2, -0.15) is 0 Å². The molecule has 0 radical (unpaired) electrons. The first-order chi connectivity index (χ1) is 7.72. The maximum atomic E-state index is 9.98. The highest BCUT2D eigenvalue weighted by molar-refractivity contribution is 5.54. The summed E-state index contributed by atoms with van der Waals surface area (Å²) in [6.45, 7) is 3.13. The first-order valence-electron chi connectivity index (χ1n) is 6.20. The van der Waals surface area contributed by atoms with Crippen LogP contribution in [0.3, 0.4) is 0 Å². The SMILES string of the molecule is CCC(O)c1ccccc1N(C)CC1CC1.